The molecule has 0 aliphatic carbocycles. The summed E-state index contributed by atoms with van der Waals surface area (Å²) in [5, 5.41) is 0. The Hall–Kier alpha value is -2.37. The Kier molecular flexibility index (Phi) is 2.29. The number of benzene rings is 1. The molecule has 0 N–H and O–H groups in total. The predicted octanol–water partition coefficient (Wildman–Crippen LogP) is 0.818. The van der Waals surface area contributed by atoms with Crippen molar-refractivity contribution in [3.63, 3.8) is 0 Å². The Balaban J connectivity index is 1.82. The van der Waals surface area contributed by atoms with Crippen molar-refractivity contribution in [1.82, 2.24) is 4.90 Å². The SMILES string of the molecule is O=C1OC[C@H](CN2C(=O)c3ccccc3C2=O)O1. The van der Waals surface area contributed by atoms with E-state index >= 15 is 0 Å². The van der Waals surface area contributed by atoms with Crippen LogP contribution in [0.5, 0.6) is 0 Å². The molecule has 1 aromatic carbocycles. The Morgan fingerprint density at radius 2 is 1.72 bits per heavy atom. The van der Waals surface area contributed by atoms with Gasteiger partial charge in [0.2, 0.25) is 0 Å². The molecule has 0 radical (unpaired) electrons. The van der Waals surface area contributed by atoms with Crippen molar-refractivity contribution < 1.29 is 23.9 Å². The van der Waals surface area contributed by atoms with E-state index in [0.717, 1.165) is 4.90 Å². The van der Waals surface area contributed by atoms with E-state index < -0.39 is 12.3 Å². The van der Waals surface area contributed by atoms with Gasteiger partial charge in [-0.15, -0.1) is 0 Å². The highest BCUT2D eigenvalue weighted by molar-refractivity contribution is 6.21. The van der Waals surface area contributed by atoms with Crippen molar-refractivity contribution >= 4 is 18.0 Å². The van der Waals surface area contributed by atoms with Crippen LogP contribution in [0.25, 0.3) is 0 Å². The Labute approximate surface area is 102 Å². The quantitative estimate of drug-likeness (QED) is 0.571. The third-order valence-electron chi connectivity index (χ3n) is 2.91. The molecule has 0 unspecified atom stereocenters. The second kappa shape index (κ2) is 3.83. The molecule has 2 heterocycles. The summed E-state index contributed by atoms with van der Waals surface area (Å²) in [5.74, 6) is -0.725. The lowest BCUT2D eigenvalue weighted by Gasteiger charge is -2.15. The predicted molar refractivity (Wildman–Crippen MR) is 58.0 cm³/mol. The molecule has 2 aliphatic rings. The zero-order valence-corrected chi connectivity index (χ0v) is 9.29. The standard InChI is InChI=1S/C12H9NO5/c14-10-8-3-1-2-4-9(8)11(15)13(10)5-7-6-17-12(16)18-7/h1-4,7H,5-6H2/t7-/m0/s1. The van der Waals surface area contributed by atoms with Gasteiger partial charge in [0.1, 0.15) is 6.61 Å². The van der Waals surface area contributed by atoms with Crippen LogP contribution in [0.15, 0.2) is 24.3 Å². The summed E-state index contributed by atoms with van der Waals surface area (Å²) >= 11 is 0. The molecular weight excluding hydrogens is 238 g/mol. The summed E-state index contributed by atoms with van der Waals surface area (Å²) in [6, 6.07) is 6.61. The molecule has 6 heteroatoms. The highest BCUT2D eigenvalue weighted by Gasteiger charge is 2.38. The summed E-state index contributed by atoms with van der Waals surface area (Å²) in [5.41, 5.74) is 0.764. The topological polar surface area (TPSA) is 72.9 Å². The number of fused-ring (bicyclic) bond motifs is 1. The number of ether oxygens (including phenoxy) is 2. The normalized spacial score (nSPS) is 21.9. The third kappa shape index (κ3) is 1.54. The van der Waals surface area contributed by atoms with Crippen molar-refractivity contribution in [1.29, 1.82) is 0 Å². The minimum Gasteiger partial charge on any atom is -0.430 e. The van der Waals surface area contributed by atoms with E-state index in [-0.39, 0.29) is 25.0 Å². The lowest BCUT2D eigenvalue weighted by atomic mass is 10.1. The zero-order chi connectivity index (χ0) is 12.7. The number of hydrogen-bond acceptors (Lipinski definition) is 5. The van der Waals surface area contributed by atoms with Crippen molar-refractivity contribution in [2.45, 2.75) is 6.10 Å². The maximum atomic E-state index is 12.0. The molecule has 1 fully saturated rings. The average molecular weight is 247 g/mol. The maximum absolute atomic E-state index is 12.0. The summed E-state index contributed by atoms with van der Waals surface area (Å²) in [6.45, 7) is 0.0876. The number of carbonyl (C=O) groups is 3. The van der Waals surface area contributed by atoms with Gasteiger partial charge in [-0.3, -0.25) is 14.5 Å². The second-order valence-corrected chi connectivity index (χ2v) is 4.07. The van der Waals surface area contributed by atoms with Crippen molar-refractivity contribution in [2.24, 2.45) is 0 Å². The third-order valence-corrected chi connectivity index (χ3v) is 2.91. The van der Waals surface area contributed by atoms with Gasteiger partial charge in [0.25, 0.3) is 11.8 Å². The first-order valence-electron chi connectivity index (χ1n) is 5.45. The number of carbonyl (C=O) groups excluding carboxylic acids is 3. The molecule has 1 atom stereocenters. The van der Waals surface area contributed by atoms with Gasteiger partial charge in [0, 0.05) is 0 Å². The lowest BCUT2D eigenvalue weighted by Crippen LogP contribution is -2.37. The molecule has 2 amide bonds. The molecule has 3 rings (SSSR count). The largest absolute Gasteiger partial charge is 0.508 e. The van der Waals surface area contributed by atoms with Gasteiger partial charge >= 0.3 is 6.16 Å². The van der Waals surface area contributed by atoms with E-state index in [9.17, 15) is 14.4 Å². The van der Waals surface area contributed by atoms with Gasteiger partial charge < -0.3 is 9.47 Å². The molecule has 0 bridgehead atoms. The monoisotopic (exact) mass is 247 g/mol. The Bertz CT molecular complexity index is 518. The van der Waals surface area contributed by atoms with E-state index in [2.05, 4.69) is 4.74 Å². The summed E-state index contributed by atoms with van der Waals surface area (Å²) in [7, 11) is 0. The molecule has 0 spiro atoms. The molecule has 0 aromatic heterocycles. The van der Waals surface area contributed by atoms with Crippen molar-refractivity contribution in [3.05, 3.63) is 35.4 Å². The number of amides is 2. The van der Waals surface area contributed by atoms with Crippen LogP contribution < -0.4 is 0 Å². The van der Waals surface area contributed by atoms with Crippen LogP contribution in [0.3, 0.4) is 0 Å². The van der Waals surface area contributed by atoms with Crippen molar-refractivity contribution in [2.75, 3.05) is 13.2 Å². The summed E-state index contributed by atoms with van der Waals surface area (Å²) in [6.07, 6.45) is -1.35. The molecule has 92 valence electrons. The number of cyclic esters (lactones) is 2. The summed E-state index contributed by atoms with van der Waals surface area (Å²) in [4.78, 5) is 35.9. The molecule has 18 heavy (non-hydrogen) atoms. The first-order valence-corrected chi connectivity index (χ1v) is 5.45. The number of rotatable bonds is 2. The average Bonchev–Trinajstić information content (AvgIpc) is 2.88. The van der Waals surface area contributed by atoms with Crippen LogP contribution in [0.1, 0.15) is 20.7 Å². The van der Waals surface area contributed by atoms with Gasteiger partial charge in [-0.05, 0) is 12.1 Å². The van der Waals surface area contributed by atoms with E-state index in [1.165, 1.54) is 0 Å². The minimum absolute atomic E-state index is 0.0259. The number of hydrogen-bond donors (Lipinski definition) is 0. The molecule has 1 aromatic rings. The fraction of sp³-hybridized carbons (Fsp3) is 0.250. The number of nitrogens with zero attached hydrogens (tertiary/aromatic N) is 1. The number of imide groups is 1. The van der Waals surface area contributed by atoms with E-state index in [0.29, 0.717) is 11.1 Å². The van der Waals surface area contributed by atoms with Crippen LogP contribution in [0.4, 0.5) is 4.79 Å². The Morgan fingerprint density at radius 1 is 1.11 bits per heavy atom. The van der Waals surface area contributed by atoms with Gasteiger partial charge in [-0.2, -0.15) is 0 Å². The highest BCUT2D eigenvalue weighted by Crippen LogP contribution is 2.23. The van der Waals surface area contributed by atoms with Crippen LogP contribution in [-0.2, 0) is 9.47 Å². The molecule has 6 nitrogen and oxygen atoms in total. The van der Waals surface area contributed by atoms with Gasteiger partial charge in [0.05, 0.1) is 17.7 Å². The minimum atomic E-state index is -0.767. The van der Waals surface area contributed by atoms with Crippen LogP contribution in [0, 0.1) is 0 Å². The van der Waals surface area contributed by atoms with Gasteiger partial charge in [0.15, 0.2) is 6.10 Å². The van der Waals surface area contributed by atoms with E-state index in [1.807, 2.05) is 0 Å². The zero-order valence-electron chi connectivity index (χ0n) is 9.29. The van der Waals surface area contributed by atoms with Gasteiger partial charge in [-0.25, -0.2) is 4.79 Å². The first kappa shape index (κ1) is 10.8. The second-order valence-electron chi connectivity index (χ2n) is 4.07. The molecular formula is C12H9NO5. The summed E-state index contributed by atoms with van der Waals surface area (Å²) < 4.78 is 9.42. The molecule has 0 saturated carbocycles. The smallest absolute Gasteiger partial charge is 0.430 e. The van der Waals surface area contributed by atoms with E-state index in [4.69, 9.17) is 4.74 Å². The van der Waals surface area contributed by atoms with Crippen LogP contribution in [-0.4, -0.2) is 42.1 Å². The van der Waals surface area contributed by atoms with Gasteiger partial charge in [-0.1, -0.05) is 12.1 Å². The lowest BCUT2D eigenvalue weighted by molar-refractivity contribution is 0.0558. The van der Waals surface area contributed by atoms with Crippen molar-refractivity contribution in [3.8, 4) is 0 Å². The maximum Gasteiger partial charge on any atom is 0.508 e. The Morgan fingerprint density at radius 3 is 2.22 bits per heavy atom. The fourth-order valence-electron chi connectivity index (χ4n) is 2.06. The fourth-order valence-corrected chi connectivity index (χ4v) is 2.06. The molecule has 2 aliphatic heterocycles. The van der Waals surface area contributed by atoms with Crippen LogP contribution >= 0.6 is 0 Å². The molecule has 1 saturated heterocycles. The first-order chi connectivity index (χ1) is 8.66. The van der Waals surface area contributed by atoms with E-state index in [1.54, 1.807) is 24.3 Å². The van der Waals surface area contributed by atoms with Crippen LogP contribution in [0.2, 0.25) is 0 Å². The highest BCUT2D eigenvalue weighted by atomic mass is 16.8.